The maximum atomic E-state index is 13.5. The molecule has 0 radical (unpaired) electrons. The van der Waals surface area contributed by atoms with Gasteiger partial charge in [-0.25, -0.2) is 0 Å². The van der Waals surface area contributed by atoms with Gasteiger partial charge in [-0.15, -0.1) is 0 Å². The number of hydrogen-bond donors (Lipinski definition) is 0. The van der Waals surface area contributed by atoms with Crippen molar-refractivity contribution in [1.82, 2.24) is 0 Å². The number of benzene rings is 4. The van der Waals surface area contributed by atoms with Crippen LogP contribution >= 0.6 is 18.9 Å². The Hall–Kier alpha value is -3.39. The van der Waals surface area contributed by atoms with Gasteiger partial charge in [0.2, 0.25) is 0 Å². The first-order chi connectivity index (χ1) is 21.7. The Morgan fingerprint density at radius 2 is 1.32 bits per heavy atom. The number of anilines is 1. The van der Waals surface area contributed by atoms with E-state index in [0.29, 0.717) is 12.3 Å². The first kappa shape index (κ1) is 29.3. The van der Waals surface area contributed by atoms with Gasteiger partial charge in [-0.05, 0) is 0 Å². The maximum absolute atomic E-state index is 13.5. The molecule has 0 atom stereocenters. The first-order valence-electron chi connectivity index (χ1n) is 16.3. The minimum atomic E-state index is -2.25. The average Bonchev–Trinajstić information content (AvgIpc) is 3.08. The Morgan fingerprint density at radius 3 is 1.91 bits per heavy atom. The van der Waals surface area contributed by atoms with E-state index in [0.717, 1.165) is 79.9 Å². The molecule has 7 rings (SSSR count). The van der Waals surface area contributed by atoms with Crippen molar-refractivity contribution in [3.8, 4) is 0 Å². The monoisotopic (exact) mass is 621 g/mol. The summed E-state index contributed by atoms with van der Waals surface area (Å²) in [6.45, 7) is 2.19. The second kappa shape index (κ2) is 12.9. The summed E-state index contributed by atoms with van der Waals surface area (Å²) in [5, 5.41) is 5.41. The molecule has 226 valence electrons. The molecule has 5 aromatic rings. The van der Waals surface area contributed by atoms with Crippen molar-refractivity contribution in [3.05, 3.63) is 130 Å². The van der Waals surface area contributed by atoms with Crippen LogP contribution in [-0.4, -0.2) is 19.3 Å². The molecule has 3 heterocycles. The molecule has 0 amide bonds. The Bertz CT molecular complexity index is 1700. The Morgan fingerprint density at radius 1 is 0.727 bits per heavy atom. The van der Waals surface area contributed by atoms with E-state index in [1.54, 1.807) is 0 Å². The fourth-order valence-corrected chi connectivity index (χ4v) is 13.2. The molecule has 0 aliphatic carbocycles. The summed E-state index contributed by atoms with van der Waals surface area (Å²) in [7, 11) is -2.25. The third kappa shape index (κ3) is 5.29. The number of nitrogens with zero attached hydrogens (tertiary/aromatic N) is 1. The van der Waals surface area contributed by atoms with Crippen molar-refractivity contribution >= 4 is 51.4 Å². The number of halogens is 1. The summed E-state index contributed by atoms with van der Waals surface area (Å²) >= 11 is 6.62. The van der Waals surface area contributed by atoms with Gasteiger partial charge in [0.15, 0.2) is 0 Å². The van der Waals surface area contributed by atoms with Crippen LogP contribution in [0.3, 0.4) is 0 Å². The predicted molar refractivity (Wildman–Crippen MR) is 190 cm³/mol. The fourth-order valence-electron chi connectivity index (χ4n) is 7.99. The molecule has 2 aliphatic heterocycles. The zero-order chi connectivity index (χ0) is 29.9. The van der Waals surface area contributed by atoms with Crippen molar-refractivity contribution in [2.75, 3.05) is 24.2 Å². The van der Waals surface area contributed by atoms with Gasteiger partial charge in [0.25, 0.3) is 0 Å². The van der Waals surface area contributed by atoms with Crippen molar-refractivity contribution in [3.63, 3.8) is 0 Å². The third-order valence-corrected chi connectivity index (χ3v) is 15.3. The first-order valence-corrected chi connectivity index (χ1v) is 19.1. The zero-order valence-electron chi connectivity index (χ0n) is 25.4. The molecule has 4 aromatic carbocycles. The SMILES string of the molecule is O=c1oc2c3c4c(cc2c(CCl)c1CCCCC[PH](c1ccccc1)(c1ccccc1)c1ccccc1)CCCN4CCC3. The number of unbranched alkanes of at least 4 members (excludes halogenated alkanes) is 2. The molecule has 0 fully saturated rings. The Kier molecular flexibility index (Phi) is 8.61. The summed E-state index contributed by atoms with van der Waals surface area (Å²) in [5.74, 6) is 0.339. The molecule has 0 saturated carbocycles. The summed E-state index contributed by atoms with van der Waals surface area (Å²) in [6.07, 6.45) is 9.23. The number of aryl methyl sites for hydroxylation is 2. The molecule has 0 N–H and O–H groups in total. The van der Waals surface area contributed by atoms with E-state index in [1.165, 1.54) is 39.1 Å². The average molecular weight is 622 g/mol. The van der Waals surface area contributed by atoms with Gasteiger partial charge < -0.3 is 0 Å². The summed E-state index contributed by atoms with van der Waals surface area (Å²) < 4.78 is 6.16. The van der Waals surface area contributed by atoms with E-state index < -0.39 is 7.26 Å². The molecular formula is C39H41ClNO2P. The van der Waals surface area contributed by atoms with Gasteiger partial charge in [0, 0.05) is 13.1 Å². The van der Waals surface area contributed by atoms with Crippen LogP contribution in [0.2, 0.25) is 0 Å². The summed E-state index contributed by atoms with van der Waals surface area (Å²) in [6, 6.07) is 35.6. The molecule has 0 spiro atoms. The van der Waals surface area contributed by atoms with E-state index in [9.17, 15) is 4.79 Å². The number of rotatable bonds is 10. The molecule has 3 nitrogen and oxygen atoms in total. The Balaban J connectivity index is 1.16. The van der Waals surface area contributed by atoms with Crippen LogP contribution in [0.15, 0.2) is 106 Å². The fraction of sp³-hybridized carbons (Fsp3) is 0.308. The number of hydrogen-bond acceptors (Lipinski definition) is 3. The van der Waals surface area contributed by atoms with Crippen molar-refractivity contribution < 1.29 is 4.42 Å². The van der Waals surface area contributed by atoms with Gasteiger partial charge in [0.1, 0.15) is 0 Å². The van der Waals surface area contributed by atoms with Crippen LogP contribution < -0.4 is 26.4 Å². The van der Waals surface area contributed by atoms with Crippen LogP contribution in [0, 0.1) is 0 Å². The van der Waals surface area contributed by atoms with Crippen LogP contribution in [0.5, 0.6) is 0 Å². The summed E-state index contributed by atoms with van der Waals surface area (Å²) in [5.41, 5.74) is 6.30. The topological polar surface area (TPSA) is 33.5 Å². The molecular weight excluding hydrogens is 581 g/mol. The van der Waals surface area contributed by atoms with E-state index in [4.69, 9.17) is 16.0 Å². The zero-order valence-corrected chi connectivity index (χ0v) is 27.1. The van der Waals surface area contributed by atoms with Crippen LogP contribution in [-0.2, 0) is 25.1 Å². The molecule has 0 saturated heterocycles. The van der Waals surface area contributed by atoms with E-state index >= 15 is 0 Å². The molecule has 0 bridgehead atoms. The number of fused-ring (bicyclic) bond motifs is 2. The van der Waals surface area contributed by atoms with Crippen LogP contribution in [0.4, 0.5) is 5.69 Å². The van der Waals surface area contributed by atoms with Gasteiger partial charge in [-0.2, -0.15) is 0 Å². The number of alkyl halides is 1. The normalized spacial score (nSPS) is 14.9. The van der Waals surface area contributed by atoms with Gasteiger partial charge >= 0.3 is 254 Å². The molecule has 44 heavy (non-hydrogen) atoms. The summed E-state index contributed by atoms with van der Waals surface area (Å²) in [4.78, 5) is 16.0. The van der Waals surface area contributed by atoms with Gasteiger partial charge in [-0.3, -0.25) is 0 Å². The van der Waals surface area contributed by atoms with Crippen molar-refractivity contribution in [2.45, 2.75) is 57.2 Å². The van der Waals surface area contributed by atoms with E-state index in [1.807, 2.05) is 0 Å². The van der Waals surface area contributed by atoms with Crippen LogP contribution in [0.1, 0.15) is 54.4 Å². The second-order valence-corrected chi connectivity index (χ2v) is 16.8. The van der Waals surface area contributed by atoms with Crippen molar-refractivity contribution in [1.29, 1.82) is 0 Å². The van der Waals surface area contributed by atoms with Gasteiger partial charge in [0.05, 0.1) is 0 Å². The molecule has 0 unspecified atom stereocenters. The van der Waals surface area contributed by atoms with Crippen LogP contribution in [0.25, 0.3) is 11.0 Å². The molecule has 1 aromatic heterocycles. The molecule has 2 aliphatic rings. The minimum absolute atomic E-state index is 0.195. The van der Waals surface area contributed by atoms with Gasteiger partial charge in [-0.1, -0.05) is 0 Å². The standard InChI is InChI=1S/C39H41ClNO2P/c40-28-36-33(39(42)43-38-34-23-14-25-41-24-13-15-29(37(34)41)27-35(36)38)22-11-4-12-26-44(30-16-5-1-6-17-30,31-18-7-2-8-19-31)32-20-9-3-10-21-32/h1-3,5-10,16-21,27,44H,4,11-15,22-26,28H2. The van der Waals surface area contributed by atoms with E-state index in [-0.39, 0.29) is 5.63 Å². The Labute approximate surface area is 266 Å². The predicted octanol–water partition coefficient (Wildman–Crippen LogP) is 7.67. The molecule has 5 heteroatoms. The quantitative estimate of drug-likeness (QED) is 0.0694. The third-order valence-electron chi connectivity index (χ3n) is 10.0. The second-order valence-electron chi connectivity index (χ2n) is 12.5. The van der Waals surface area contributed by atoms with E-state index in [2.05, 4.69) is 102 Å². The van der Waals surface area contributed by atoms with Crippen molar-refractivity contribution in [2.24, 2.45) is 0 Å².